The summed E-state index contributed by atoms with van der Waals surface area (Å²) in [6.07, 6.45) is 1.88. The first-order valence-electron chi connectivity index (χ1n) is 9.29. The third kappa shape index (κ3) is 3.91. The second-order valence-corrected chi connectivity index (χ2v) is 6.95. The average molecular weight is 387 g/mol. The van der Waals surface area contributed by atoms with Crippen molar-refractivity contribution in [3.8, 4) is 5.75 Å². The summed E-state index contributed by atoms with van der Waals surface area (Å²) in [6, 6.07) is 16.3. The lowest BCUT2D eigenvalue weighted by Gasteiger charge is -2.09. The molecule has 6 heteroatoms. The number of anilines is 2. The molecule has 6 nitrogen and oxygen atoms in total. The highest BCUT2D eigenvalue weighted by Crippen LogP contribution is 2.29. The zero-order valence-corrected chi connectivity index (χ0v) is 16.0. The molecule has 0 atom stereocenters. The number of rotatable bonds is 6. The van der Waals surface area contributed by atoms with Crippen LogP contribution in [0.4, 0.5) is 11.5 Å². The summed E-state index contributed by atoms with van der Waals surface area (Å²) in [5.41, 5.74) is 9.90. The van der Waals surface area contributed by atoms with Gasteiger partial charge in [0.2, 0.25) is 5.78 Å². The molecule has 0 bridgehead atoms. The zero-order valence-electron chi connectivity index (χ0n) is 16.0. The number of phenolic OH excluding ortho intramolecular Hbond substituents is 1. The first-order valence-corrected chi connectivity index (χ1v) is 9.29. The number of aromatic hydroxyl groups is 1. The van der Waals surface area contributed by atoms with Crippen LogP contribution in [-0.4, -0.2) is 15.9 Å². The maximum Gasteiger partial charge on any atom is 0.202 e. The molecule has 0 unspecified atom stereocenters. The number of nitrogens with one attached hydrogen (secondary N) is 1. The van der Waals surface area contributed by atoms with Gasteiger partial charge in [0.25, 0.3) is 0 Å². The number of carbonyl (C=O) groups excluding carboxylic acids is 1. The van der Waals surface area contributed by atoms with Gasteiger partial charge in [0.1, 0.15) is 17.2 Å². The molecule has 0 fully saturated rings. The van der Waals surface area contributed by atoms with Crippen LogP contribution in [0, 0.1) is 6.92 Å². The minimum Gasteiger partial charge on any atom is -0.508 e. The van der Waals surface area contributed by atoms with E-state index in [-0.39, 0.29) is 18.0 Å². The number of nitrogen functional groups attached to an aromatic ring is 1. The number of aromatic nitrogens is 1. The number of ketones is 1. The highest BCUT2D eigenvalue weighted by atomic mass is 16.3. The number of hydrogen-bond acceptors (Lipinski definition) is 6. The van der Waals surface area contributed by atoms with Gasteiger partial charge in [-0.2, -0.15) is 0 Å². The summed E-state index contributed by atoms with van der Waals surface area (Å²) in [4.78, 5) is 16.9. The number of phenols is 1. The number of carbonyl (C=O) groups is 1. The topological polar surface area (TPSA) is 101 Å². The predicted octanol–water partition coefficient (Wildman–Crippen LogP) is 4.46. The van der Waals surface area contributed by atoms with E-state index in [1.165, 1.54) is 0 Å². The van der Waals surface area contributed by atoms with Crippen molar-refractivity contribution in [2.45, 2.75) is 19.9 Å². The standard InChI is InChI=1S/C23H21N3O3/c1-14-18-12-17(27)7-8-21(18)29-22(14)20(28)11-15-4-2-5-16(10-15)13-26-19-6-3-9-25-23(19)24/h2-10,12,26-27H,11,13H2,1H3,(H2,24,25). The highest BCUT2D eigenvalue weighted by Gasteiger charge is 2.18. The second kappa shape index (κ2) is 7.67. The van der Waals surface area contributed by atoms with Gasteiger partial charge in [-0.15, -0.1) is 0 Å². The van der Waals surface area contributed by atoms with E-state index in [4.69, 9.17) is 10.2 Å². The smallest absolute Gasteiger partial charge is 0.202 e. The minimum atomic E-state index is -0.0974. The van der Waals surface area contributed by atoms with E-state index in [0.29, 0.717) is 23.7 Å². The van der Waals surface area contributed by atoms with E-state index in [0.717, 1.165) is 27.8 Å². The van der Waals surface area contributed by atoms with Gasteiger partial charge in [0.05, 0.1) is 5.69 Å². The van der Waals surface area contributed by atoms with Gasteiger partial charge in [0, 0.05) is 30.1 Å². The van der Waals surface area contributed by atoms with Gasteiger partial charge in [0.15, 0.2) is 5.76 Å². The van der Waals surface area contributed by atoms with Crippen LogP contribution in [0.2, 0.25) is 0 Å². The molecule has 0 aliphatic carbocycles. The number of aryl methyl sites for hydroxylation is 1. The lowest BCUT2D eigenvalue weighted by molar-refractivity contribution is 0.0967. The molecule has 2 aromatic heterocycles. The van der Waals surface area contributed by atoms with Gasteiger partial charge in [-0.05, 0) is 48.4 Å². The van der Waals surface area contributed by atoms with Gasteiger partial charge in [-0.1, -0.05) is 24.3 Å². The number of nitrogens with two attached hydrogens (primary N) is 1. The summed E-state index contributed by atoms with van der Waals surface area (Å²) in [7, 11) is 0. The Morgan fingerprint density at radius 2 is 1.97 bits per heavy atom. The molecular weight excluding hydrogens is 366 g/mol. The molecule has 2 aromatic carbocycles. The molecule has 29 heavy (non-hydrogen) atoms. The normalized spacial score (nSPS) is 10.9. The van der Waals surface area contributed by atoms with Crippen molar-refractivity contribution in [2.75, 3.05) is 11.1 Å². The molecule has 2 heterocycles. The quantitative estimate of drug-likeness (QED) is 0.422. The Balaban J connectivity index is 1.50. The summed E-state index contributed by atoms with van der Waals surface area (Å²) >= 11 is 0. The fourth-order valence-electron chi connectivity index (χ4n) is 3.35. The summed E-state index contributed by atoms with van der Waals surface area (Å²) in [5.74, 6) is 0.831. The molecule has 0 amide bonds. The summed E-state index contributed by atoms with van der Waals surface area (Å²) in [5, 5.41) is 13.7. The number of benzene rings is 2. The van der Waals surface area contributed by atoms with Crippen LogP contribution in [0.15, 0.2) is 65.2 Å². The third-order valence-electron chi connectivity index (χ3n) is 4.85. The molecule has 0 saturated heterocycles. The third-order valence-corrected chi connectivity index (χ3v) is 4.85. The predicted molar refractivity (Wildman–Crippen MR) is 113 cm³/mol. The molecule has 0 aliphatic rings. The van der Waals surface area contributed by atoms with E-state index in [2.05, 4.69) is 10.3 Å². The Morgan fingerprint density at radius 1 is 1.14 bits per heavy atom. The molecule has 0 aliphatic heterocycles. The van der Waals surface area contributed by atoms with Crippen LogP contribution < -0.4 is 11.1 Å². The molecule has 0 radical (unpaired) electrons. The number of nitrogens with zero attached hydrogens (tertiary/aromatic N) is 1. The van der Waals surface area contributed by atoms with Gasteiger partial charge >= 0.3 is 0 Å². The van der Waals surface area contributed by atoms with Crippen molar-refractivity contribution in [1.82, 2.24) is 4.98 Å². The van der Waals surface area contributed by atoms with E-state index in [9.17, 15) is 9.90 Å². The van der Waals surface area contributed by atoms with Crippen LogP contribution in [0.5, 0.6) is 5.75 Å². The average Bonchev–Trinajstić information content (AvgIpc) is 3.04. The molecule has 0 saturated carbocycles. The highest BCUT2D eigenvalue weighted by molar-refractivity contribution is 6.01. The first kappa shape index (κ1) is 18.6. The Bertz CT molecular complexity index is 1200. The largest absolute Gasteiger partial charge is 0.508 e. The van der Waals surface area contributed by atoms with Gasteiger partial charge in [-0.25, -0.2) is 4.98 Å². The van der Waals surface area contributed by atoms with E-state index < -0.39 is 0 Å². The van der Waals surface area contributed by atoms with Gasteiger partial charge < -0.3 is 20.6 Å². The zero-order chi connectivity index (χ0) is 20.4. The number of furan rings is 1. The van der Waals surface area contributed by atoms with Crippen molar-refractivity contribution in [3.05, 3.63) is 83.2 Å². The van der Waals surface area contributed by atoms with Crippen LogP contribution in [0.1, 0.15) is 27.2 Å². The maximum atomic E-state index is 12.8. The van der Waals surface area contributed by atoms with Crippen LogP contribution in [-0.2, 0) is 13.0 Å². The van der Waals surface area contributed by atoms with Crippen molar-refractivity contribution in [3.63, 3.8) is 0 Å². The Hall–Kier alpha value is -3.80. The fraction of sp³-hybridized carbons (Fsp3) is 0.130. The van der Waals surface area contributed by atoms with Crippen LogP contribution in [0.3, 0.4) is 0 Å². The summed E-state index contributed by atoms with van der Waals surface area (Å²) in [6.45, 7) is 2.40. The van der Waals surface area contributed by atoms with Crippen molar-refractivity contribution in [2.24, 2.45) is 0 Å². The minimum absolute atomic E-state index is 0.0974. The molecule has 0 spiro atoms. The monoisotopic (exact) mass is 387 g/mol. The van der Waals surface area contributed by atoms with E-state index in [1.54, 1.807) is 24.4 Å². The van der Waals surface area contributed by atoms with Crippen molar-refractivity contribution in [1.29, 1.82) is 0 Å². The van der Waals surface area contributed by atoms with Gasteiger partial charge in [-0.3, -0.25) is 4.79 Å². The number of pyridine rings is 1. The van der Waals surface area contributed by atoms with E-state index in [1.807, 2.05) is 43.3 Å². The fourth-order valence-corrected chi connectivity index (χ4v) is 3.35. The Kier molecular flexibility index (Phi) is 4.91. The van der Waals surface area contributed by atoms with Crippen molar-refractivity contribution < 1.29 is 14.3 Å². The maximum absolute atomic E-state index is 12.8. The molecule has 4 N–H and O–H groups in total. The molecule has 4 aromatic rings. The molecule has 146 valence electrons. The number of Topliss-reactive ketones (excluding diaryl/α,β-unsaturated/α-hetero) is 1. The first-order chi connectivity index (χ1) is 14.0. The SMILES string of the molecule is Cc1c(C(=O)Cc2cccc(CNc3cccnc3N)c2)oc2ccc(O)cc12. The summed E-state index contributed by atoms with van der Waals surface area (Å²) < 4.78 is 5.74. The Morgan fingerprint density at radius 3 is 2.79 bits per heavy atom. The second-order valence-electron chi connectivity index (χ2n) is 6.95. The molecule has 4 rings (SSSR count). The lowest BCUT2D eigenvalue weighted by atomic mass is 10.0. The number of hydrogen-bond donors (Lipinski definition) is 3. The molecular formula is C23H21N3O3. The van der Waals surface area contributed by atoms with Crippen molar-refractivity contribution >= 4 is 28.3 Å². The van der Waals surface area contributed by atoms with Crippen LogP contribution in [0.25, 0.3) is 11.0 Å². The Labute approximate surface area is 168 Å². The van der Waals surface area contributed by atoms with E-state index >= 15 is 0 Å². The number of fused-ring (bicyclic) bond motifs is 1. The lowest BCUT2D eigenvalue weighted by Crippen LogP contribution is -2.06. The van der Waals surface area contributed by atoms with Crippen LogP contribution >= 0.6 is 0 Å².